The zero-order valence-electron chi connectivity index (χ0n) is 13.6. The van der Waals surface area contributed by atoms with Crippen LogP contribution in [0.15, 0.2) is 41.0 Å². The van der Waals surface area contributed by atoms with E-state index in [4.69, 9.17) is 4.42 Å². The first-order chi connectivity index (χ1) is 11.0. The van der Waals surface area contributed by atoms with E-state index in [1.54, 1.807) is 25.3 Å². The summed E-state index contributed by atoms with van der Waals surface area (Å²) < 4.78 is 18.8. The molecule has 0 bridgehead atoms. The van der Waals surface area contributed by atoms with Gasteiger partial charge in [0.25, 0.3) is 0 Å². The monoisotopic (exact) mass is 319 g/mol. The van der Waals surface area contributed by atoms with Gasteiger partial charge in [-0.1, -0.05) is 12.1 Å². The summed E-state index contributed by atoms with van der Waals surface area (Å²) in [5, 5.41) is 5.52. The molecule has 1 heterocycles. The molecule has 5 nitrogen and oxygen atoms in total. The molecule has 0 radical (unpaired) electrons. The smallest absolute Gasteiger partial charge is 0.315 e. The molecule has 0 fully saturated rings. The second-order valence-electron chi connectivity index (χ2n) is 5.64. The number of amides is 2. The molecule has 6 heteroatoms. The van der Waals surface area contributed by atoms with Crippen LogP contribution < -0.4 is 10.6 Å². The Morgan fingerprint density at radius 1 is 1.30 bits per heavy atom. The van der Waals surface area contributed by atoms with E-state index in [0.29, 0.717) is 12.1 Å². The Bertz CT molecular complexity index is 641. The van der Waals surface area contributed by atoms with Crippen LogP contribution in [0, 0.1) is 12.7 Å². The molecule has 2 rings (SSSR count). The van der Waals surface area contributed by atoms with Crippen molar-refractivity contribution in [2.45, 2.75) is 19.5 Å². The Morgan fingerprint density at radius 2 is 2.09 bits per heavy atom. The molecule has 2 aromatic rings. The normalized spacial score (nSPS) is 12.2. The molecular weight excluding hydrogens is 297 g/mol. The van der Waals surface area contributed by atoms with Crippen molar-refractivity contribution in [3.05, 3.63) is 59.3 Å². The summed E-state index contributed by atoms with van der Waals surface area (Å²) in [6, 6.07) is 8.27. The fraction of sp³-hybridized carbons (Fsp3) is 0.353. The van der Waals surface area contributed by atoms with Crippen LogP contribution in [0.5, 0.6) is 0 Å². The van der Waals surface area contributed by atoms with Gasteiger partial charge < -0.3 is 15.1 Å². The number of benzene rings is 1. The highest BCUT2D eigenvalue weighted by Gasteiger charge is 2.17. The molecule has 0 spiro atoms. The number of carbonyl (C=O) groups is 1. The van der Waals surface area contributed by atoms with E-state index in [2.05, 4.69) is 10.6 Å². The number of hydrogen-bond donors (Lipinski definition) is 2. The first-order valence-corrected chi connectivity index (χ1v) is 7.44. The Balaban J connectivity index is 1.83. The fourth-order valence-corrected chi connectivity index (χ4v) is 2.20. The lowest BCUT2D eigenvalue weighted by Crippen LogP contribution is -2.40. The van der Waals surface area contributed by atoms with E-state index < -0.39 is 0 Å². The number of urea groups is 1. The van der Waals surface area contributed by atoms with Crippen molar-refractivity contribution >= 4 is 6.03 Å². The lowest BCUT2D eigenvalue weighted by atomic mass is 10.1. The number of furan rings is 1. The fourth-order valence-electron chi connectivity index (χ4n) is 2.20. The summed E-state index contributed by atoms with van der Waals surface area (Å²) in [5.74, 6) is 0.520. The van der Waals surface area contributed by atoms with Crippen LogP contribution in [0.25, 0.3) is 0 Å². The standard InChI is InChI=1S/C17H22FN3O2/c1-12-6-7-13(9-14(12)18)10-19-17(22)20-11-15(21(2)3)16-5-4-8-23-16/h4-9,15H,10-11H2,1-3H3,(H2,19,20,22). The maximum absolute atomic E-state index is 13.5. The van der Waals surface area contributed by atoms with Crippen molar-refractivity contribution in [1.29, 1.82) is 0 Å². The van der Waals surface area contributed by atoms with Gasteiger partial charge in [-0.3, -0.25) is 4.90 Å². The summed E-state index contributed by atoms with van der Waals surface area (Å²) in [6.07, 6.45) is 1.61. The van der Waals surface area contributed by atoms with E-state index in [1.165, 1.54) is 6.07 Å². The molecule has 1 aromatic carbocycles. The maximum atomic E-state index is 13.5. The van der Waals surface area contributed by atoms with E-state index >= 15 is 0 Å². The largest absolute Gasteiger partial charge is 0.468 e. The predicted molar refractivity (Wildman–Crippen MR) is 86.5 cm³/mol. The summed E-state index contributed by atoms with van der Waals surface area (Å²) in [5.41, 5.74) is 1.31. The van der Waals surface area contributed by atoms with Gasteiger partial charge in [-0.15, -0.1) is 0 Å². The van der Waals surface area contributed by atoms with Gasteiger partial charge in [0.2, 0.25) is 0 Å². The number of aryl methyl sites for hydroxylation is 1. The van der Waals surface area contributed by atoms with Crippen LogP contribution in [0.1, 0.15) is 22.9 Å². The van der Waals surface area contributed by atoms with E-state index in [1.807, 2.05) is 31.1 Å². The third kappa shape index (κ3) is 4.82. The number of halogens is 1. The molecule has 0 aliphatic rings. The number of hydrogen-bond acceptors (Lipinski definition) is 3. The minimum Gasteiger partial charge on any atom is -0.468 e. The highest BCUT2D eigenvalue weighted by Crippen LogP contribution is 2.17. The summed E-state index contributed by atoms with van der Waals surface area (Å²) in [4.78, 5) is 13.9. The first-order valence-electron chi connectivity index (χ1n) is 7.44. The van der Waals surface area contributed by atoms with Gasteiger partial charge in [0.05, 0.1) is 12.3 Å². The number of nitrogens with one attached hydrogen (secondary N) is 2. The van der Waals surface area contributed by atoms with E-state index in [9.17, 15) is 9.18 Å². The predicted octanol–water partition coefficient (Wildman–Crippen LogP) is 2.83. The van der Waals surface area contributed by atoms with Crippen LogP contribution in [0.3, 0.4) is 0 Å². The molecule has 0 aliphatic carbocycles. The zero-order valence-corrected chi connectivity index (χ0v) is 13.6. The average Bonchev–Trinajstić information content (AvgIpc) is 3.02. The van der Waals surface area contributed by atoms with Crippen molar-refractivity contribution in [3.63, 3.8) is 0 Å². The SMILES string of the molecule is Cc1ccc(CNC(=O)NCC(c2ccco2)N(C)C)cc1F. The molecule has 0 saturated heterocycles. The quantitative estimate of drug-likeness (QED) is 0.861. The van der Waals surface area contributed by atoms with Crippen molar-refractivity contribution in [1.82, 2.24) is 15.5 Å². The van der Waals surface area contributed by atoms with Crippen LogP contribution >= 0.6 is 0 Å². The molecule has 1 unspecified atom stereocenters. The molecule has 2 amide bonds. The van der Waals surface area contributed by atoms with Crippen LogP contribution in [-0.2, 0) is 6.54 Å². The molecule has 2 N–H and O–H groups in total. The molecule has 124 valence electrons. The summed E-state index contributed by atoms with van der Waals surface area (Å²) in [6.45, 7) is 2.39. The second kappa shape index (κ2) is 7.78. The minimum absolute atomic E-state index is 0.0485. The van der Waals surface area contributed by atoms with Gasteiger partial charge in [-0.2, -0.15) is 0 Å². The van der Waals surface area contributed by atoms with Crippen LogP contribution in [-0.4, -0.2) is 31.6 Å². The van der Waals surface area contributed by atoms with E-state index in [0.717, 1.165) is 11.3 Å². The Kier molecular flexibility index (Phi) is 5.76. The molecule has 0 aliphatic heterocycles. The van der Waals surface area contributed by atoms with Gasteiger partial charge in [-0.25, -0.2) is 9.18 Å². The zero-order chi connectivity index (χ0) is 16.8. The van der Waals surface area contributed by atoms with Gasteiger partial charge in [0.1, 0.15) is 11.6 Å². The Labute approximate surface area is 135 Å². The summed E-state index contributed by atoms with van der Waals surface area (Å²) in [7, 11) is 3.84. The van der Waals surface area contributed by atoms with Crippen LogP contribution in [0.2, 0.25) is 0 Å². The Morgan fingerprint density at radius 3 is 2.70 bits per heavy atom. The number of likely N-dealkylation sites (N-methyl/N-ethyl adjacent to an activating group) is 1. The van der Waals surface area contributed by atoms with Gasteiger partial charge in [0.15, 0.2) is 0 Å². The summed E-state index contributed by atoms with van der Waals surface area (Å²) >= 11 is 0. The topological polar surface area (TPSA) is 57.5 Å². The van der Waals surface area contributed by atoms with E-state index in [-0.39, 0.29) is 24.4 Å². The van der Waals surface area contributed by atoms with Crippen molar-refractivity contribution in [2.24, 2.45) is 0 Å². The molecule has 0 saturated carbocycles. The molecule has 23 heavy (non-hydrogen) atoms. The average molecular weight is 319 g/mol. The van der Waals surface area contributed by atoms with Crippen molar-refractivity contribution < 1.29 is 13.6 Å². The molecule has 1 atom stereocenters. The third-order valence-corrected chi connectivity index (χ3v) is 3.64. The first kappa shape index (κ1) is 17.0. The van der Waals surface area contributed by atoms with Crippen molar-refractivity contribution in [2.75, 3.05) is 20.6 Å². The highest BCUT2D eigenvalue weighted by molar-refractivity contribution is 5.73. The minimum atomic E-state index is -0.301. The lowest BCUT2D eigenvalue weighted by Gasteiger charge is -2.22. The molecular formula is C17H22FN3O2. The molecule has 1 aromatic heterocycles. The highest BCUT2D eigenvalue weighted by atomic mass is 19.1. The second-order valence-corrected chi connectivity index (χ2v) is 5.64. The lowest BCUT2D eigenvalue weighted by molar-refractivity contribution is 0.225. The van der Waals surface area contributed by atoms with Gasteiger partial charge >= 0.3 is 6.03 Å². The third-order valence-electron chi connectivity index (χ3n) is 3.64. The van der Waals surface area contributed by atoms with Gasteiger partial charge in [-0.05, 0) is 50.3 Å². The maximum Gasteiger partial charge on any atom is 0.315 e. The Hall–Kier alpha value is -2.34. The van der Waals surface area contributed by atoms with Crippen LogP contribution in [0.4, 0.5) is 9.18 Å². The number of rotatable bonds is 6. The number of carbonyl (C=O) groups excluding carboxylic acids is 1. The number of nitrogens with zero attached hydrogens (tertiary/aromatic N) is 1. The van der Waals surface area contributed by atoms with Gasteiger partial charge in [0, 0.05) is 13.1 Å². The van der Waals surface area contributed by atoms with Crippen molar-refractivity contribution in [3.8, 4) is 0 Å².